The van der Waals surface area contributed by atoms with Gasteiger partial charge in [-0.1, -0.05) is 79.2 Å². The van der Waals surface area contributed by atoms with E-state index in [0.717, 1.165) is 23.2 Å². The van der Waals surface area contributed by atoms with E-state index in [2.05, 4.69) is 60.6 Å². The van der Waals surface area contributed by atoms with Gasteiger partial charge in [0.05, 0.1) is 16.6 Å². The van der Waals surface area contributed by atoms with Crippen LogP contribution >= 0.6 is 23.4 Å². The number of aromatic nitrogens is 3. The van der Waals surface area contributed by atoms with E-state index in [1.165, 1.54) is 11.1 Å². The quantitative estimate of drug-likeness (QED) is 0.462. The Morgan fingerprint density at radius 2 is 1.83 bits per heavy atom. The molecule has 0 radical (unpaired) electrons. The smallest absolute Gasteiger partial charge is 0.253 e. The van der Waals surface area contributed by atoms with E-state index in [4.69, 9.17) is 11.6 Å². The van der Waals surface area contributed by atoms with Crippen molar-refractivity contribution in [1.82, 2.24) is 20.1 Å². The zero-order valence-corrected chi connectivity index (χ0v) is 19.3. The summed E-state index contributed by atoms with van der Waals surface area (Å²) >= 11 is 7.84. The predicted octanol–water partition coefficient (Wildman–Crippen LogP) is 5.59. The summed E-state index contributed by atoms with van der Waals surface area (Å²) in [4.78, 5) is 12.8. The maximum atomic E-state index is 12.8. The molecule has 0 saturated carbocycles. The molecule has 158 valence electrons. The molecule has 1 N–H and O–H groups in total. The van der Waals surface area contributed by atoms with Crippen LogP contribution in [0.1, 0.15) is 53.6 Å². The summed E-state index contributed by atoms with van der Waals surface area (Å²) in [6.45, 7) is 6.33. The van der Waals surface area contributed by atoms with Crippen molar-refractivity contribution in [2.24, 2.45) is 13.0 Å². The van der Waals surface area contributed by atoms with Crippen molar-refractivity contribution >= 4 is 29.3 Å². The number of rotatable bonds is 8. The monoisotopic (exact) mass is 442 g/mol. The first-order chi connectivity index (χ1) is 14.3. The van der Waals surface area contributed by atoms with Gasteiger partial charge < -0.3 is 9.88 Å². The SMILES string of the molecule is Cc1ccc(CSc2nnc([C@@H](CC(C)C)NC(=O)c3ccccc3Cl)n2C)cc1. The highest BCUT2D eigenvalue weighted by Gasteiger charge is 2.24. The lowest BCUT2D eigenvalue weighted by Crippen LogP contribution is -2.31. The van der Waals surface area contributed by atoms with Crippen LogP contribution in [0.3, 0.4) is 0 Å². The fraction of sp³-hybridized carbons (Fsp3) is 0.348. The normalized spacial score (nSPS) is 12.2. The molecule has 2 aromatic carbocycles. The van der Waals surface area contributed by atoms with Crippen molar-refractivity contribution in [3.63, 3.8) is 0 Å². The van der Waals surface area contributed by atoms with Gasteiger partial charge in [-0.15, -0.1) is 10.2 Å². The minimum Gasteiger partial charge on any atom is -0.342 e. The van der Waals surface area contributed by atoms with E-state index < -0.39 is 0 Å². The van der Waals surface area contributed by atoms with Crippen LogP contribution in [-0.4, -0.2) is 20.7 Å². The molecule has 1 amide bonds. The van der Waals surface area contributed by atoms with E-state index in [9.17, 15) is 4.79 Å². The highest BCUT2D eigenvalue weighted by atomic mass is 35.5. The summed E-state index contributed by atoms with van der Waals surface area (Å²) in [7, 11) is 1.95. The molecule has 3 aromatic rings. The number of aryl methyl sites for hydroxylation is 1. The van der Waals surface area contributed by atoms with Crippen molar-refractivity contribution in [1.29, 1.82) is 0 Å². The number of halogens is 1. The van der Waals surface area contributed by atoms with Crippen LogP contribution in [0.2, 0.25) is 5.02 Å². The van der Waals surface area contributed by atoms with Crippen LogP contribution in [0.15, 0.2) is 53.7 Å². The molecule has 30 heavy (non-hydrogen) atoms. The molecular formula is C23H27ClN4OS. The average Bonchev–Trinajstić information content (AvgIpc) is 3.07. The molecule has 0 fully saturated rings. The van der Waals surface area contributed by atoms with Gasteiger partial charge in [-0.25, -0.2) is 0 Å². The predicted molar refractivity (Wildman–Crippen MR) is 123 cm³/mol. The van der Waals surface area contributed by atoms with Gasteiger partial charge in [0.1, 0.15) is 0 Å². The molecule has 0 aliphatic heterocycles. The highest BCUT2D eigenvalue weighted by molar-refractivity contribution is 7.98. The van der Waals surface area contributed by atoms with Gasteiger partial charge in [-0.3, -0.25) is 4.79 Å². The van der Waals surface area contributed by atoms with Crippen LogP contribution < -0.4 is 5.32 Å². The van der Waals surface area contributed by atoms with Gasteiger partial charge in [0, 0.05) is 12.8 Å². The number of thioether (sulfide) groups is 1. The molecule has 3 rings (SSSR count). The molecule has 5 nitrogen and oxygen atoms in total. The Morgan fingerprint density at radius 1 is 1.13 bits per heavy atom. The Kier molecular flexibility index (Phi) is 7.56. The molecule has 0 aliphatic rings. The summed E-state index contributed by atoms with van der Waals surface area (Å²) < 4.78 is 1.97. The Labute approximate surface area is 187 Å². The lowest BCUT2D eigenvalue weighted by molar-refractivity contribution is 0.0929. The van der Waals surface area contributed by atoms with E-state index in [0.29, 0.717) is 16.5 Å². The van der Waals surface area contributed by atoms with Crippen molar-refractivity contribution in [3.8, 4) is 0 Å². The third kappa shape index (κ3) is 5.64. The van der Waals surface area contributed by atoms with Crippen LogP contribution in [0, 0.1) is 12.8 Å². The number of nitrogens with one attached hydrogen (secondary N) is 1. The zero-order chi connectivity index (χ0) is 21.7. The van der Waals surface area contributed by atoms with Gasteiger partial charge in [0.25, 0.3) is 5.91 Å². The highest BCUT2D eigenvalue weighted by Crippen LogP contribution is 2.26. The largest absolute Gasteiger partial charge is 0.342 e. The maximum absolute atomic E-state index is 12.8. The first-order valence-corrected chi connectivity index (χ1v) is 11.3. The van der Waals surface area contributed by atoms with Crippen LogP contribution in [0.4, 0.5) is 0 Å². The van der Waals surface area contributed by atoms with Crippen molar-refractivity contribution in [2.45, 2.75) is 44.1 Å². The van der Waals surface area contributed by atoms with E-state index in [1.54, 1.807) is 30.0 Å². The minimum absolute atomic E-state index is 0.205. The van der Waals surface area contributed by atoms with Crippen LogP contribution in [-0.2, 0) is 12.8 Å². The lowest BCUT2D eigenvalue weighted by atomic mass is 10.0. The Morgan fingerprint density at radius 3 is 2.50 bits per heavy atom. The third-order valence-corrected chi connectivity index (χ3v) is 6.22. The topological polar surface area (TPSA) is 59.8 Å². The van der Waals surface area contributed by atoms with Gasteiger partial charge in [0.15, 0.2) is 11.0 Å². The number of hydrogen-bond donors (Lipinski definition) is 1. The number of nitrogens with zero attached hydrogens (tertiary/aromatic N) is 3. The number of hydrogen-bond acceptors (Lipinski definition) is 4. The molecule has 0 saturated heterocycles. The Bertz CT molecular complexity index is 1000. The molecule has 7 heteroatoms. The number of benzene rings is 2. The van der Waals surface area contributed by atoms with Gasteiger partial charge in [-0.2, -0.15) is 0 Å². The Hall–Kier alpha value is -2.31. The van der Waals surface area contributed by atoms with E-state index >= 15 is 0 Å². The van der Waals surface area contributed by atoms with Crippen molar-refractivity contribution < 1.29 is 4.79 Å². The molecule has 0 aliphatic carbocycles. The molecular weight excluding hydrogens is 416 g/mol. The average molecular weight is 443 g/mol. The second-order valence-electron chi connectivity index (χ2n) is 7.81. The van der Waals surface area contributed by atoms with Crippen LogP contribution in [0.5, 0.6) is 0 Å². The fourth-order valence-corrected chi connectivity index (χ4v) is 4.26. The lowest BCUT2D eigenvalue weighted by Gasteiger charge is -2.20. The second kappa shape index (κ2) is 10.1. The van der Waals surface area contributed by atoms with E-state index in [1.807, 2.05) is 17.7 Å². The molecule has 0 spiro atoms. The summed E-state index contributed by atoms with van der Waals surface area (Å²) in [6, 6.07) is 15.3. The summed E-state index contributed by atoms with van der Waals surface area (Å²) in [5.74, 6) is 1.73. The molecule has 0 unspecified atom stereocenters. The summed E-state index contributed by atoms with van der Waals surface area (Å²) in [5.41, 5.74) is 2.94. The number of carbonyl (C=O) groups is 1. The molecule has 1 atom stereocenters. The third-order valence-electron chi connectivity index (χ3n) is 4.80. The molecule has 0 bridgehead atoms. The summed E-state index contributed by atoms with van der Waals surface area (Å²) in [5, 5.41) is 13.1. The van der Waals surface area contributed by atoms with Crippen molar-refractivity contribution in [3.05, 3.63) is 76.1 Å². The van der Waals surface area contributed by atoms with Gasteiger partial charge in [-0.05, 0) is 37.0 Å². The minimum atomic E-state index is -0.250. The summed E-state index contributed by atoms with van der Waals surface area (Å²) in [6.07, 6.45) is 0.755. The molecule has 1 aromatic heterocycles. The maximum Gasteiger partial charge on any atom is 0.253 e. The fourth-order valence-electron chi connectivity index (χ4n) is 3.17. The zero-order valence-electron chi connectivity index (χ0n) is 17.7. The van der Waals surface area contributed by atoms with Gasteiger partial charge in [0.2, 0.25) is 0 Å². The van der Waals surface area contributed by atoms with Crippen LogP contribution in [0.25, 0.3) is 0 Å². The van der Waals surface area contributed by atoms with Crippen molar-refractivity contribution in [2.75, 3.05) is 0 Å². The first-order valence-electron chi connectivity index (χ1n) is 9.98. The second-order valence-corrected chi connectivity index (χ2v) is 9.16. The number of amides is 1. The first kappa shape index (κ1) is 22.4. The molecule has 1 heterocycles. The Balaban J connectivity index is 1.76. The van der Waals surface area contributed by atoms with E-state index in [-0.39, 0.29) is 11.9 Å². The van der Waals surface area contributed by atoms with Gasteiger partial charge >= 0.3 is 0 Å². The standard InChI is InChI=1S/C23H27ClN4OS/c1-15(2)13-20(25-22(29)18-7-5-6-8-19(18)24)21-26-27-23(28(21)4)30-14-17-11-9-16(3)10-12-17/h5-12,15,20H,13-14H2,1-4H3,(H,25,29)/t20-/m1/s1. The number of carbonyl (C=O) groups excluding carboxylic acids is 1.